The fourth-order valence-corrected chi connectivity index (χ4v) is 3.16. The molecule has 0 aliphatic carbocycles. The highest BCUT2D eigenvalue weighted by Gasteiger charge is 2.15. The third-order valence-electron chi connectivity index (χ3n) is 2.99. The smallest absolute Gasteiger partial charge is 0.116 e. The van der Waals surface area contributed by atoms with Gasteiger partial charge in [-0.1, -0.05) is 12.2 Å². The molecule has 1 saturated heterocycles. The summed E-state index contributed by atoms with van der Waals surface area (Å²) in [5.41, 5.74) is 6.57. The molecule has 7 heteroatoms. The molecule has 0 aromatic carbocycles. The van der Waals surface area contributed by atoms with Gasteiger partial charge in [0.25, 0.3) is 0 Å². The first kappa shape index (κ1) is 14.8. The quantitative estimate of drug-likeness (QED) is 0.784. The van der Waals surface area contributed by atoms with Crippen molar-refractivity contribution in [3.05, 3.63) is 15.6 Å². The van der Waals surface area contributed by atoms with Gasteiger partial charge in [-0.25, -0.2) is 4.98 Å². The summed E-state index contributed by atoms with van der Waals surface area (Å²) in [5, 5.41) is 1.07. The van der Waals surface area contributed by atoms with Gasteiger partial charge in [0, 0.05) is 33.2 Å². The van der Waals surface area contributed by atoms with E-state index in [1.165, 1.54) is 0 Å². The zero-order valence-corrected chi connectivity index (χ0v) is 12.7. The van der Waals surface area contributed by atoms with Crippen LogP contribution in [0.25, 0.3) is 0 Å². The normalized spacial score (nSPS) is 16.7. The molecular weight excluding hydrogens is 282 g/mol. The van der Waals surface area contributed by atoms with Gasteiger partial charge in [0.15, 0.2) is 0 Å². The van der Waals surface area contributed by atoms with Crippen LogP contribution >= 0.6 is 23.6 Å². The molecule has 2 rings (SSSR count). The summed E-state index contributed by atoms with van der Waals surface area (Å²) in [6.07, 6.45) is 0.921. The molecule has 0 spiro atoms. The molecule has 0 radical (unpaired) electrons. The van der Waals surface area contributed by atoms with Crippen molar-refractivity contribution < 1.29 is 9.47 Å². The summed E-state index contributed by atoms with van der Waals surface area (Å²) in [4.78, 5) is 8.25. The number of ether oxygens (including phenoxy) is 2. The Balaban J connectivity index is 1.95. The number of rotatable bonds is 6. The first-order valence-electron chi connectivity index (χ1n) is 6.28. The summed E-state index contributed by atoms with van der Waals surface area (Å²) >= 11 is 6.63. The Kier molecular flexibility index (Phi) is 5.65. The minimum absolute atomic E-state index is 0.405. The molecule has 2 N–H and O–H groups in total. The summed E-state index contributed by atoms with van der Waals surface area (Å²) in [5.74, 6) is 0. The number of thiazole rings is 1. The number of hydrogen-bond donors (Lipinski definition) is 1. The van der Waals surface area contributed by atoms with Gasteiger partial charge in [-0.05, 0) is 0 Å². The van der Waals surface area contributed by atoms with Crippen molar-refractivity contribution in [2.75, 3.05) is 40.0 Å². The molecule has 1 aliphatic heterocycles. The van der Waals surface area contributed by atoms with Crippen LogP contribution in [-0.2, 0) is 22.5 Å². The molecule has 5 nitrogen and oxygen atoms in total. The number of hydrogen-bond acceptors (Lipinski definition) is 6. The lowest BCUT2D eigenvalue weighted by Gasteiger charge is -2.25. The van der Waals surface area contributed by atoms with Gasteiger partial charge in [-0.15, -0.1) is 11.3 Å². The summed E-state index contributed by atoms with van der Waals surface area (Å²) in [6, 6.07) is 0. The Labute approximate surface area is 122 Å². The summed E-state index contributed by atoms with van der Waals surface area (Å²) in [6.45, 7) is 5.10. The maximum atomic E-state index is 5.72. The van der Waals surface area contributed by atoms with Crippen LogP contribution in [0.4, 0.5) is 0 Å². The number of thiocarbonyl (C=S) groups is 1. The standard InChI is InChI=1S/C12H19N3O2S2/c1-16-8-9-11(12(13)18)19-10(14-9)2-3-15-4-6-17-7-5-15/h2-8H2,1H3,(H2,13,18). The molecule has 0 amide bonds. The highest BCUT2D eigenvalue weighted by atomic mass is 32.1. The lowest BCUT2D eigenvalue weighted by Crippen LogP contribution is -2.37. The molecule has 1 aromatic heterocycles. The van der Waals surface area contributed by atoms with Crippen LogP contribution in [0.15, 0.2) is 0 Å². The Morgan fingerprint density at radius 2 is 2.26 bits per heavy atom. The lowest BCUT2D eigenvalue weighted by atomic mass is 10.3. The van der Waals surface area contributed by atoms with Crippen LogP contribution in [0.3, 0.4) is 0 Å². The molecule has 2 heterocycles. The van der Waals surface area contributed by atoms with Crippen LogP contribution in [0.1, 0.15) is 15.6 Å². The van der Waals surface area contributed by atoms with E-state index in [4.69, 9.17) is 27.4 Å². The monoisotopic (exact) mass is 301 g/mol. The van der Waals surface area contributed by atoms with Crippen LogP contribution in [0.5, 0.6) is 0 Å². The van der Waals surface area contributed by atoms with Gasteiger partial charge in [0.05, 0.1) is 35.4 Å². The van der Waals surface area contributed by atoms with Crippen molar-refractivity contribution in [2.45, 2.75) is 13.0 Å². The van der Waals surface area contributed by atoms with Gasteiger partial charge < -0.3 is 15.2 Å². The van der Waals surface area contributed by atoms with Crippen LogP contribution < -0.4 is 5.73 Å². The molecular formula is C12H19N3O2S2. The lowest BCUT2D eigenvalue weighted by molar-refractivity contribution is 0.0384. The maximum Gasteiger partial charge on any atom is 0.116 e. The van der Waals surface area contributed by atoms with Crippen molar-refractivity contribution in [3.8, 4) is 0 Å². The van der Waals surface area contributed by atoms with Gasteiger partial charge in [-0.3, -0.25) is 4.90 Å². The van der Waals surface area contributed by atoms with Gasteiger partial charge in [-0.2, -0.15) is 0 Å². The number of methoxy groups -OCH3 is 1. The second-order valence-electron chi connectivity index (χ2n) is 4.38. The Hall–Kier alpha value is -0.600. The van der Waals surface area contributed by atoms with E-state index in [1.54, 1.807) is 18.4 Å². The molecule has 0 unspecified atom stereocenters. The Bertz CT molecular complexity index is 431. The Morgan fingerprint density at radius 3 is 2.89 bits per heavy atom. The summed E-state index contributed by atoms with van der Waals surface area (Å²) in [7, 11) is 1.65. The van der Waals surface area contributed by atoms with Crippen LogP contribution in [0.2, 0.25) is 0 Å². The number of nitrogens with zero attached hydrogens (tertiary/aromatic N) is 2. The summed E-state index contributed by atoms with van der Waals surface area (Å²) < 4.78 is 10.5. The average molecular weight is 301 g/mol. The van der Waals surface area contributed by atoms with E-state index >= 15 is 0 Å². The fourth-order valence-electron chi connectivity index (χ4n) is 2.01. The third kappa shape index (κ3) is 4.19. The number of aromatic nitrogens is 1. The minimum atomic E-state index is 0.405. The first-order chi connectivity index (χ1) is 9.20. The molecule has 0 saturated carbocycles. The Morgan fingerprint density at radius 1 is 1.53 bits per heavy atom. The van der Waals surface area contributed by atoms with Crippen LogP contribution in [-0.4, -0.2) is 54.8 Å². The van der Waals surface area contributed by atoms with Crippen molar-refractivity contribution >= 4 is 28.5 Å². The first-order valence-corrected chi connectivity index (χ1v) is 7.50. The third-order valence-corrected chi connectivity index (χ3v) is 4.52. The zero-order valence-electron chi connectivity index (χ0n) is 11.1. The van der Waals surface area contributed by atoms with Gasteiger partial charge in [0.2, 0.25) is 0 Å². The second kappa shape index (κ2) is 7.25. The van der Waals surface area contributed by atoms with Crippen molar-refractivity contribution in [1.29, 1.82) is 0 Å². The highest BCUT2D eigenvalue weighted by Crippen LogP contribution is 2.20. The largest absolute Gasteiger partial charge is 0.389 e. The molecule has 19 heavy (non-hydrogen) atoms. The van der Waals surface area contributed by atoms with Gasteiger partial charge in [0.1, 0.15) is 4.99 Å². The fraction of sp³-hybridized carbons (Fsp3) is 0.667. The maximum absolute atomic E-state index is 5.72. The number of nitrogens with two attached hydrogens (primary N) is 1. The van der Waals surface area contributed by atoms with E-state index in [1.807, 2.05) is 0 Å². The molecule has 1 fully saturated rings. The predicted molar refractivity (Wildman–Crippen MR) is 79.7 cm³/mol. The van der Waals surface area contributed by atoms with Crippen molar-refractivity contribution in [2.24, 2.45) is 5.73 Å². The molecule has 0 bridgehead atoms. The topological polar surface area (TPSA) is 60.6 Å². The second-order valence-corrected chi connectivity index (χ2v) is 5.91. The van der Waals surface area contributed by atoms with Gasteiger partial charge >= 0.3 is 0 Å². The molecule has 1 aliphatic rings. The van der Waals surface area contributed by atoms with Crippen molar-refractivity contribution in [1.82, 2.24) is 9.88 Å². The van der Waals surface area contributed by atoms with E-state index in [0.29, 0.717) is 11.6 Å². The van der Waals surface area contributed by atoms with E-state index in [-0.39, 0.29) is 0 Å². The highest BCUT2D eigenvalue weighted by molar-refractivity contribution is 7.81. The zero-order chi connectivity index (χ0) is 13.7. The van der Waals surface area contributed by atoms with Crippen LogP contribution in [0, 0.1) is 0 Å². The molecule has 1 aromatic rings. The SMILES string of the molecule is COCc1nc(CCN2CCOCC2)sc1C(N)=S. The predicted octanol–water partition coefficient (Wildman–Crippen LogP) is 0.798. The average Bonchev–Trinajstić information content (AvgIpc) is 2.81. The molecule has 106 valence electrons. The number of morpholine rings is 1. The molecule has 0 atom stereocenters. The van der Waals surface area contributed by atoms with Crippen molar-refractivity contribution in [3.63, 3.8) is 0 Å². The van der Waals surface area contributed by atoms with E-state index in [9.17, 15) is 0 Å². The van der Waals surface area contributed by atoms with E-state index < -0.39 is 0 Å². The van der Waals surface area contributed by atoms with E-state index in [2.05, 4.69) is 9.88 Å². The minimum Gasteiger partial charge on any atom is -0.389 e. The van der Waals surface area contributed by atoms with E-state index in [0.717, 1.165) is 54.8 Å².